The molecule has 1 aliphatic rings. The summed E-state index contributed by atoms with van der Waals surface area (Å²) in [6.45, 7) is 0.986. The van der Waals surface area contributed by atoms with Gasteiger partial charge in [-0.25, -0.2) is 4.98 Å². The fourth-order valence-electron chi connectivity index (χ4n) is 2.81. The molecule has 1 aromatic carbocycles. The molecular weight excluding hydrogens is 288 g/mol. The van der Waals surface area contributed by atoms with Crippen molar-refractivity contribution < 1.29 is 4.79 Å². The molecular formula is C18H18N4O. The molecule has 5 heteroatoms. The third kappa shape index (κ3) is 3.49. The average Bonchev–Trinajstić information content (AvgIpc) is 3.06. The quantitative estimate of drug-likeness (QED) is 0.831. The number of fused-ring (bicyclic) bond motifs is 1. The Hall–Kier alpha value is -2.87. The lowest BCUT2D eigenvalue weighted by atomic mass is 10.1. The zero-order chi connectivity index (χ0) is 16.1. The highest BCUT2D eigenvalue weighted by atomic mass is 16.1. The summed E-state index contributed by atoms with van der Waals surface area (Å²) in [4.78, 5) is 16.3. The number of nitrogens with one attached hydrogen (secondary N) is 2. The van der Waals surface area contributed by atoms with Crippen molar-refractivity contribution in [2.45, 2.75) is 19.3 Å². The van der Waals surface area contributed by atoms with E-state index < -0.39 is 0 Å². The van der Waals surface area contributed by atoms with Crippen LogP contribution in [0, 0.1) is 11.3 Å². The van der Waals surface area contributed by atoms with E-state index in [0.29, 0.717) is 30.0 Å². The van der Waals surface area contributed by atoms with Gasteiger partial charge in [0.25, 0.3) is 5.91 Å². The van der Waals surface area contributed by atoms with Crippen molar-refractivity contribution in [2.75, 3.05) is 18.4 Å². The summed E-state index contributed by atoms with van der Waals surface area (Å²) in [6.07, 6.45) is 4.99. The number of nitrogens with zero attached hydrogens (tertiary/aromatic N) is 2. The number of pyridine rings is 1. The van der Waals surface area contributed by atoms with E-state index in [0.717, 1.165) is 12.8 Å². The first-order chi connectivity index (χ1) is 11.3. The Labute approximate surface area is 135 Å². The number of nitriles is 1. The summed E-state index contributed by atoms with van der Waals surface area (Å²) in [5, 5.41) is 14.9. The van der Waals surface area contributed by atoms with Gasteiger partial charge in [0.1, 0.15) is 11.9 Å². The van der Waals surface area contributed by atoms with Crippen LogP contribution in [-0.2, 0) is 12.8 Å². The van der Waals surface area contributed by atoms with Gasteiger partial charge in [0.05, 0.1) is 5.56 Å². The zero-order valence-electron chi connectivity index (χ0n) is 12.8. The number of carbonyl (C=O) groups excluding carboxylic acids is 1. The molecule has 23 heavy (non-hydrogen) atoms. The number of amides is 1. The minimum atomic E-state index is -0.0666. The van der Waals surface area contributed by atoms with E-state index >= 15 is 0 Å². The first-order valence-corrected chi connectivity index (χ1v) is 7.77. The van der Waals surface area contributed by atoms with Crippen LogP contribution in [0.5, 0.6) is 0 Å². The minimum absolute atomic E-state index is 0.0666. The largest absolute Gasteiger partial charge is 0.367 e. The number of benzene rings is 1. The van der Waals surface area contributed by atoms with E-state index in [1.807, 2.05) is 12.1 Å². The van der Waals surface area contributed by atoms with E-state index in [2.05, 4.69) is 27.8 Å². The predicted molar refractivity (Wildman–Crippen MR) is 88.2 cm³/mol. The number of hydrogen-bond donors (Lipinski definition) is 2. The summed E-state index contributed by atoms with van der Waals surface area (Å²) >= 11 is 0. The summed E-state index contributed by atoms with van der Waals surface area (Å²) in [6, 6.07) is 11.5. The maximum absolute atomic E-state index is 12.2. The van der Waals surface area contributed by atoms with E-state index in [9.17, 15) is 4.79 Å². The molecule has 3 rings (SSSR count). The first-order valence-electron chi connectivity index (χ1n) is 7.77. The summed E-state index contributed by atoms with van der Waals surface area (Å²) < 4.78 is 0. The first kappa shape index (κ1) is 15.0. The van der Waals surface area contributed by atoms with Crippen molar-refractivity contribution >= 4 is 11.7 Å². The fraction of sp³-hybridized carbons (Fsp3) is 0.278. The van der Waals surface area contributed by atoms with Gasteiger partial charge < -0.3 is 10.6 Å². The van der Waals surface area contributed by atoms with Crippen LogP contribution < -0.4 is 10.6 Å². The molecule has 0 saturated carbocycles. The minimum Gasteiger partial charge on any atom is -0.367 e. The number of aromatic nitrogens is 1. The van der Waals surface area contributed by atoms with Gasteiger partial charge in [-0.05, 0) is 54.7 Å². The summed E-state index contributed by atoms with van der Waals surface area (Å²) in [5.41, 5.74) is 3.86. The Kier molecular flexibility index (Phi) is 4.53. The number of hydrogen-bond acceptors (Lipinski definition) is 4. The fourth-order valence-corrected chi connectivity index (χ4v) is 2.81. The molecule has 2 N–H and O–H groups in total. The second kappa shape index (κ2) is 6.93. The van der Waals surface area contributed by atoms with Crippen molar-refractivity contribution in [3.8, 4) is 6.07 Å². The Morgan fingerprint density at radius 2 is 2.09 bits per heavy atom. The Balaban J connectivity index is 1.51. The molecule has 0 unspecified atom stereocenters. The molecule has 116 valence electrons. The van der Waals surface area contributed by atoms with Crippen LogP contribution in [0.25, 0.3) is 0 Å². The molecule has 0 spiro atoms. The smallest absolute Gasteiger partial charge is 0.251 e. The monoisotopic (exact) mass is 306 g/mol. The van der Waals surface area contributed by atoms with Gasteiger partial charge in [-0.3, -0.25) is 4.79 Å². The van der Waals surface area contributed by atoms with Crippen molar-refractivity contribution in [2.24, 2.45) is 0 Å². The third-order valence-electron chi connectivity index (χ3n) is 3.99. The predicted octanol–water partition coefficient (Wildman–Crippen LogP) is 2.28. The van der Waals surface area contributed by atoms with Crippen molar-refractivity contribution in [1.29, 1.82) is 5.26 Å². The van der Waals surface area contributed by atoms with Gasteiger partial charge >= 0.3 is 0 Å². The molecule has 5 nitrogen and oxygen atoms in total. The van der Waals surface area contributed by atoms with Crippen LogP contribution in [0.3, 0.4) is 0 Å². The molecule has 1 heterocycles. The van der Waals surface area contributed by atoms with Crippen LogP contribution in [0.4, 0.5) is 5.82 Å². The number of anilines is 1. The molecule has 0 radical (unpaired) electrons. The number of aryl methyl sites for hydroxylation is 2. The Morgan fingerprint density at radius 3 is 2.96 bits per heavy atom. The second-order valence-corrected chi connectivity index (χ2v) is 5.53. The molecule has 1 aromatic heterocycles. The molecule has 0 aliphatic heterocycles. The van der Waals surface area contributed by atoms with Crippen LogP contribution >= 0.6 is 0 Å². The van der Waals surface area contributed by atoms with Crippen LogP contribution in [0.1, 0.15) is 33.5 Å². The van der Waals surface area contributed by atoms with E-state index in [1.54, 1.807) is 18.3 Å². The van der Waals surface area contributed by atoms with E-state index in [-0.39, 0.29) is 5.91 Å². The lowest BCUT2D eigenvalue weighted by molar-refractivity contribution is 0.0955. The van der Waals surface area contributed by atoms with Gasteiger partial charge in [-0.1, -0.05) is 6.07 Å². The molecule has 1 amide bonds. The van der Waals surface area contributed by atoms with E-state index in [1.165, 1.54) is 17.5 Å². The highest BCUT2D eigenvalue weighted by Gasteiger charge is 2.13. The molecule has 0 saturated heterocycles. The van der Waals surface area contributed by atoms with Crippen molar-refractivity contribution in [1.82, 2.24) is 10.3 Å². The topological polar surface area (TPSA) is 77.8 Å². The highest BCUT2D eigenvalue weighted by molar-refractivity contribution is 5.94. The zero-order valence-corrected chi connectivity index (χ0v) is 12.8. The number of carbonyl (C=O) groups is 1. The molecule has 0 bridgehead atoms. The van der Waals surface area contributed by atoms with Gasteiger partial charge in [-0.2, -0.15) is 5.26 Å². The Morgan fingerprint density at radius 1 is 1.22 bits per heavy atom. The van der Waals surface area contributed by atoms with E-state index in [4.69, 9.17) is 5.26 Å². The van der Waals surface area contributed by atoms with Crippen LogP contribution in [-0.4, -0.2) is 24.0 Å². The van der Waals surface area contributed by atoms with Crippen molar-refractivity contribution in [3.05, 3.63) is 58.8 Å². The van der Waals surface area contributed by atoms with Gasteiger partial charge in [-0.15, -0.1) is 0 Å². The van der Waals surface area contributed by atoms with Crippen molar-refractivity contribution in [3.63, 3.8) is 0 Å². The average molecular weight is 306 g/mol. The maximum Gasteiger partial charge on any atom is 0.251 e. The molecule has 0 fully saturated rings. The second-order valence-electron chi connectivity index (χ2n) is 5.53. The highest BCUT2D eigenvalue weighted by Crippen LogP contribution is 2.22. The normalized spacial score (nSPS) is 12.3. The lowest BCUT2D eigenvalue weighted by Crippen LogP contribution is -2.29. The summed E-state index contributed by atoms with van der Waals surface area (Å²) in [5.74, 6) is 0.477. The van der Waals surface area contributed by atoms with Gasteiger partial charge in [0, 0.05) is 24.8 Å². The van der Waals surface area contributed by atoms with Gasteiger partial charge in [0.2, 0.25) is 0 Å². The Bertz CT molecular complexity index is 764. The van der Waals surface area contributed by atoms with Crippen LogP contribution in [0.15, 0.2) is 36.5 Å². The third-order valence-corrected chi connectivity index (χ3v) is 3.99. The molecule has 0 atom stereocenters. The molecule has 1 aliphatic carbocycles. The van der Waals surface area contributed by atoms with Gasteiger partial charge in [0.15, 0.2) is 0 Å². The number of rotatable bonds is 5. The molecule has 2 aromatic rings. The lowest BCUT2D eigenvalue weighted by Gasteiger charge is -2.09. The SMILES string of the molecule is N#Cc1cccnc1NCCNC(=O)c1ccc2c(c1)CCC2. The standard InChI is InChI=1S/C18H18N4O/c19-12-16-5-2-8-20-17(16)21-9-10-22-18(23)15-7-6-13-3-1-4-14(13)11-15/h2,5-8,11H,1,3-4,9-10H2,(H,20,21)(H,22,23). The van der Waals surface area contributed by atoms with Crippen LogP contribution in [0.2, 0.25) is 0 Å². The summed E-state index contributed by atoms with van der Waals surface area (Å²) in [7, 11) is 0. The maximum atomic E-state index is 12.2.